The number of benzene rings is 1. The average molecular weight is 378 g/mol. The Hall–Kier alpha value is -1.89. The second-order valence-corrected chi connectivity index (χ2v) is 10.1. The number of hydrogen-bond donors (Lipinski definition) is 1. The monoisotopic (exact) mass is 378 g/mol. The third kappa shape index (κ3) is 3.63. The maximum absolute atomic E-state index is 12.5. The Morgan fingerprint density at radius 3 is 2.62 bits per heavy atom. The number of nitrogens with one attached hydrogen (secondary N) is 1. The Bertz CT molecular complexity index is 832. The van der Waals surface area contributed by atoms with Crippen LogP contribution in [0.3, 0.4) is 0 Å². The van der Waals surface area contributed by atoms with Crippen LogP contribution in [-0.4, -0.2) is 37.1 Å². The van der Waals surface area contributed by atoms with Gasteiger partial charge in [-0.15, -0.1) is 0 Å². The SMILES string of the molecule is CC1CC(NC(=O)CCN2C(=O)c3ccccc3S2(=O)=O)CC(C)(C)C1. The van der Waals surface area contributed by atoms with Gasteiger partial charge in [0.15, 0.2) is 0 Å². The highest BCUT2D eigenvalue weighted by molar-refractivity contribution is 7.90. The zero-order valence-corrected chi connectivity index (χ0v) is 16.3. The summed E-state index contributed by atoms with van der Waals surface area (Å²) in [4.78, 5) is 24.7. The highest BCUT2D eigenvalue weighted by Gasteiger charge is 2.41. The van der Waals surface area contributed by atoms with Crippen LogP contribution < -0.4 is 5.32 Å². The Morgan fingerprint density at radius 1 is 1.27 bits per heavy atom. The van der Waals surface area contributed by atoms with Gasteiger partial charge in [-0.3, -0.25) is 9.59 Å². The zero-order chi connectivity index (χ0) is 19.1. The van der Waals surface area contributed by atoms with Gasteiger partial charge in [0.25, 0.3) is 15.9 Å². The fourth-order valence-electron chi connectivity index (χ4n) is 4.41. The molecule has 26 heavy (non-hydrogen) atoms. The van der Waals surface area contributed by atoms with Crippen molar-refractivity contribution in [1.29, 1.82) is 0 Å². The van der Waals surface area contributed by atoms with Crippen molar-refractivity contribution in [3.63, 3.8) is 0 Å². The topological polar surface area (TPSA) is 83.6 Å². The minimum absolute atomic E-state index is 0.0215. The molecule has 0 spiro atoms. The van der Waals surface area contributed by atoms with E-state index in [0.717, 1.165) is 23.6 Å². The molecule has 3 rings (SSSR count). The lowest BCUT2D eigenvalue weighted by Gasteiger charge is -2.39. The second kappa shape index (κ2) is 6.68. The number of nitrogens with zero attached hydrogens (tertiary/aromatic N) is 1. The first-order valence-corrected chi connectivity index (χ1v) is 10.5. The molecule has 0 aromatic heterocycles. The van der Waals surface area contributed by atoms with Gasteiger partial charge in [0.05, 0.1) is 5.56 Å². The van der Waals surface area contributed by atoms with E-state index in [4.69, 9.17) is 0 Å². The van der Waals surface area contributed by atoms with Crippen LogP contribution in [0.15, 0.2) is 29.2 Å². The van der Waals surface area contributed by atoms with E-state index in [1.165, 1.54) is 12.1 Å². The summed E-state index contributed by atoms with van der Waals surface area (Å²) in [6.45, 7) is 6.46. The number of hydrogen-bond acceptors (Lipinski definition) is 4. The second-order valence-electron chi connectivity index (χ2n) is 8.31. The van der Waals surface area contributed by atoms with Crippen LogP contribution in [0.1, 0.15) is 56.8 Å². The molecule has 2 unspecified atom stereocenters. The van der Waals surface area contributed by atoms with Gasteiger partial charge >= 0.3 is 0 Å². The van der Waals surface area contributed by atoms with Gasteiger partial charge in [-0.1, -0.05) is 32.9 Å². The molecule has 1 aromatic rings. The van der Waals surface area contributed by atoms with Crippen molar-refractivity contribution in [2.45, 2.75) is 57.4 Å². The average Bonchev–Trinajstić information content (AvgIpc) is 2.71. The van der Waals surface area contributed by atoms with Crippen molar-refractivity contribution in [2.75, 3.05) is 6.54 Å². The Labute approximate surface area is 155 Å². The van der Waals surface area contributed by atoms with E-state index in [9.17, 15) is 18.0 Å². The Morgan fingerprint density at radius 2 is 1.96 bits per heavy atom. The molecule has 2 aliphatic rings. The standard InChI is InChI=1S/C19H26N2O4S/c1-13-10-14(12-19(2,3)11-13)20-17(22)8-9-21-18(23)15-6-4-5-7-16(15)26(21,24)25/h4-7,13-14H,8-12H2,1-3H3,(H,20,22). The van der Waals surface area contributed by atoms with Crippen molar-refractivity contribution in [3.05, 3.63) is 29.8 Å². The summed E-state index contributed by atoms with van der Waals surface area (Å²) in [6, 6.07) is 6.25. The fraction of sp³-hybridized carbons (Fsp3) is 0.579. The molecule has 0 bridgehead atoms. The first-order valence-electron chi connectivity index (χ1n) is 9.06. The summed E-state index contributed by atoms with van der Waals surface area (Å²) in [5.74, 6) is -0.223. The molecule has 1 N–H and O–H groups in total. The van der Waals surface area contributed by atoms with Crippen LogP contribution in [0.5, 0.6) is 0 Å². The van der Waals surface area contributed by atoms with Crippen LogP contribution in [0, 0.1) is 11.3 Å². The molecule has 0 radical (unpaired) electrons. The van der Waals surface area contributed by atoms with Crippen LogP contribution >= 0.6 is 0 Å². The van der Waals surface area contributed by atoms with Crippen molar-refractivity contribution >= 4 is 21.8 Å². The normalized spacial score (nSPS) is 26.4. The maximum Gasteiger partial charge on any atom is 0.269 e. The van der Waals surface area contributed by atoms with E-state index in [1.807, 2.05) is 0 Å². The molecule has 142 valence electrons. The molecule has 1 aromatic carbocycles. The molecular formula is C19H26N2O4S. The number of amides is 2. The van der Waals surface area contributed by atoms with Gasteiger partial charge < -0.3 is 5.32 Å². The van der Waals surface area contributed by atoms with Crippen molar-refractivity contribution in [2.24, 2.45) is 11.3 Å². The number of sulfonamides is 1. The Kier molecular flexibility index (Phi) is 4.86. The molecule has 7 heteroatoms. The van der Waals surface area contributed by atoms with E-state index in [0.29, 0.717) is 5.92 Å². The molecule has 1 fully saturated rings. The lowest BCUT2D eigenvalue weighted by Crippen LogP contribution is -2.44. The molecule has 1 heterocycles. The first-order chi connectivity index (χ1) is 12.1. The molecule has 6 nitrogen and oxygen atoms in total. The van der Waals surface area contributed by atoms with Gasteiger partial charge in [0.2, 0.25) is 5.91 Å². The van der Waals surface area contributed by atoms with E-state index >= 15 is 0 Å². The third-order valence-corrected chi connectivity index (χ3v) is 7.05. The van der Waals surface area contributed by atoms with E-state index in [2.05, 4.69) is 26.1 Å². The smallest absolute Gasteiger partial charge is 0.269 e. The fourth-order valence-corrected chi connectivity index (χ4v) is 5.98. The Balaban J connectivity index is 1.61. The van der Waals surface area contributed by atoms with Gasteiger partial charge in [-0.2, -0.15) is 0 Å². The van der Waals surface area contributed by atoms with Crippen LogP contribution in [0.2, 0.25) is 0 Å². The number of carbonyl (C=O) groups excluding carboxylic acids is 2. The zero-order valence-electron chi connectivity index (χ0n) is 15.5. The summed E-state index contributed by atoms with van der Waals surface area (Å²) in [6.07, 6.45) is 2.96. The predicted molar refractivity (Wildman–Crippen MR) is 98.0 cm³/mol. The van der Waals surface area contributed by atoms with Crippen LogP contribution in [0.4, 0.5) is 0 Å². The summed E-state index contributed by atoms with van der Waals surface area (Å²) in [5, 5.41) is 3.02. The summed E-state index contributed by atoms with van der Waals surface area (Å²) in [7, 11) is -3.85. The summed E-state index contributed by atoms with van der Waals surface area (Å²) < 4.78 is 25.8. The van der Waals surface area contributed by atoms with E-state index in [-0.39, 0.29) is 40.8 Å². The lowest BCUT2D eigenvalue weighted by atomic mass is 9.70. The highest BCUT2D eigenvalue weighted by atomic mass is 32.2. The minimum Gasteiger partial charge on any atom is -0.353 e. The first kappa shape index (κ1) is 18.9. The molecule has 1 saturated carbocycles. The predicted octanol–water partition coefficient (Wildman–Crippen LogP) is 2.55. The van der Waals surface area contributed by atoms with Crippen molar-refractivity contribution < 1.29 is 18.0 Å². The van der Waals surface area contributed by atoms with E-state index in [1.54, 1.807) is 12.1 Å². The minimum atomic E-state index is -3.85. The lowest BCUT2D eigenvalue weighted by molar-refractivity contribution is -0.122. The summed E-state index contributed by atoms with van der Waals surface area (Å²) >= 11 is 0. The number of carbonyl (C=O) groups is 2. The molecule has 1 aliphatic carbocycles. The molecular weight excluding hydrogens is 352 g/mol. The van der Waals surface area contributed by atoms with E-state index < -0.39 is 15.9 Å². The summed E-state index contributed by atoms with van der Waals surface area (Å²) in [5.41, 5.74) is 0.363. The highest BCUT2D eigenvalue weighted by Crippen LogP contribution is 2.38. The number of rotatable bonds is 4. The van der Waals surface area contributed by atoms with Crippen molar-refractivity contribution in [1.82, 2.24) is 9.62 Å². The van der Waals surface area contributed by atoms with Crippen LogP contribution in [0.25, 0.3) is 0 Å². The van der Waals surface area contributed by atoms with Crippen LogP contribution in [-0.2, 0) is 14.8 Å². The van der Waals surface area contributed by atoms with Gasteiger partial charge in [-0.25, -0.2) is 12.7 Å². The number of fused-ring (bicyclic) bond motifs is 1. The maximum atomic E-state index is 12.5. The molecule has 0 saturated heterocycles. The molecule has 2 atom stereocenters. The van der Waals surface area contributed by atoms with Gasteiger partial charge in [-0.05, 0) is 42.7 Å². The van der Waals surface area contributed by atoms with Crippen molar-refractivity contribution in [3.8, 4) is 0 Å². The quantitative estimate of drug-likeness (QED) is 0.873. The largest absolute Gasteiger partial charge is 0.353 e. The third-order valence-electron chi connectivity index (χ3n) is 5.21. The molecule has 1 aliphatic heterocycles. The van der Waals surface area contributed by atoms with Gasteiger partial charge in [0, 0.05) is 19.0 Å². The molecule has 2 amide bonds. The van der Waals surface area contributed by atoms with Gasteiger partial charge in [0.1, 0.15) is 4.90 Å².